The van der Waals surface area contributed by atoms with Gasteiger partial charge in [-0.15, -0.1) is 0 Å². The first-order valence-electron chi connectivity index (χ1n) is 12.0. The standard InChI is InChI=1S/C26H37O6P.Na/c1-2-3-4-5-6-7-8-9-10-14-21-30-26(27)24-17-19-25(20-18-24)32-33(28,29)31-22-23-15-12-11-13-16-23;/h11-13,15-20H,2-10,14,21-22H2,1H3,(H,28,29);/q;+1. The Hall–Kier alpha value is -1.14. The van der Waals surface area contributed by atoms with Gasteiger partial charge >= 0.3 is 43.3 Å². The SMILES string of the molecule is CCCCCCCCCCCCOC(=O)c1ccc(OP(=O)(O)OCc2ccccc2)cc1.[Na+]. The molecule has 0 bridgehead atoms. The summed E-state index contributed by atoms with van der Waals surface area (Å²) < 4.78 is 27.5. The molecule has 2 aromatic carbocycles. The number of rotatable bonds is 17. The van der Waals surface area contributed by atoms with Crippen LogP contribution in [0.25, 0.3) is 0 Å². The van der Waals surface area contributed by atoms with Crippen molar-refractivity contribution in [3.8, 4) is 5.75 Å². The van der Waals surface area contributed by atoms with E-state index in [0.717, 1.165) is 18.4 Å². The molecule has 0 aromatic heterocycles. The third-order valence-electron chi connectivity index (χ3n) is 5.28. The summed E-state index contributed by atoms with van der Waals surface area (Å²) in [4.78, 5) is 22.1. The van der Waals surface area contributed by atoms with Crippen LogP contribution < -0.4 is 34.1 Å². The van der Waals surface area contributed by atoms with Crippen LogP contribution in [0, 0.1) is 0 Å². The maximum atomic E-state index is 12.2. The van der Waals surface area contributed by atoms with Crippen molar-refractivity contribution in [2.24, 2.45) is 0 Å². The van der Waals surface area contributed by atoms with Crippen LogP contribution >= 0.6 is 7.82 Å². The van der Waals surface area contributed by atoms with E-state index in [9.17, 15) is 14.3 Å². The number of benzene rings is 2. The fraction of sp³-hybridized carbons (Fsp3) is 0.500. The first-order valence-corrected chi connectivity index (χ1v) is 13.5. The van der Waals surface area contributed by atoms with E-state index in [1.165, 1.54) is 75.6 Å². The Bertz CT molecular complexity index is 844. The molecule has 8 heteroatoms. The molecule has 0 spiro atoms. The third kappa shape index (κ3) is 13.7. The second kappa shape index (κ2) is 18.2. The van der Waals surface area contributed by atoms with Gasteiger partial charge in [-0.1, -0.05) is 95.0 Å². The number of hydrogen-bond acceptors (Lipinski definition) is 5. The molecule has 0 aliphatic carbocycles. The van der Waals surface area contributed by atoms with Crippen molar-refractivity contribution in [3.63, 3.8) is 0 Å². The van der Waals surface area contributed by atoms with Crippen molar-refractivity contribution in [1.29, 1.82) is 0 Å². The summed E-state index contributed by atoms with van der Waals surface area (Å²) in [6.45, 7) is 2.58. The van der Waals surface area contributed by atoms with Gasteiger partial charge in [0.25, 0.3) is 0 Å². The minimum Gasteiger partial charge on any atom is -0.462 e. The van der Waals surface area contributed by atoms with Gasteiger partial charge < -0.3 is 9.26 Å². The number of esters is 1. The summed E-state index contributed by atoms with van der Waals surface area (Å²) in [5, 5.41) is 0. The second-order valence-electron chi connectivity index (χ2n) is 8.16. The van der Waals surface area contributed by atoms with Crippen LogP contribution in [-0.4, -0.2) is 17.5 Å². The van der Waals surface area contributed by atoms with Gasteiger partial charge in [0, 0.05) is 0 Å². The number of hydrogen-bond donors (Lipinski definition) is 1. The van der Waals surface area contributed by atoms with Crippen molar-refractivity contribution in [3.05, 3.63) is 65.7 Å². The summed E-state index contributed by atoms with van der Waals surface area (Å²) in [5.41, 5.74) is 1.13. The van der Waals surface area contributed by atoms with E-state index in [0.29, 0.717) is 12.2 Å². The van der Waals surface area contributed by atoms with E-state index < -0.39 is 13.8 Å². The predicted octanol–water partition coefficient (Wildman–Crippen LogP) is 4.46. The van der Waals surface area contributed by atoms with Gasteiger partial charge in [0.1, 0.15) is 5.75 Å². The zero-order valence-electron chi connectivity index (χ0n) is 20.6. The van der Waals surface area contributed by atoms with Crippen molar-refractivity contribution >= 4 is 13.8 Å². The van der Waals surface area contributed by atoms with Gasteiger partial charge in [-0.05, 0) is 36.2 Å². The van der Waals surface area contributed by atoms with Crippen LogP contribution in [0.1, 0.15) is 87.1 Å². The molecule has 0 heterocycles. The first-order chi connectivity index (χ1) is 16.0. The maximum Gasteiger partial charge on any atom is 1.00 e. The van der Waals surface area contributed by atoms with Crippen LogP contribution in [0.2, 0.25) is 0 Å². The van der Waals surface area contributed by atoms with Gasteiger partial charge in [-0.2, -0.15) is 0 Å². The molecule has 182 valence electrons. The molecule has 0 fully saturated rings. The summed E-state index contributed by atoms with van der Waals surface area (Å²) in [6, 6.07) is 15.0. The zero-order valence-corrected chi connectivity index (χ0v) is 23.5. The third-order valence-corrected chi connectivity index (χ3v) is 6.18. The van der Waals surface area contributed by atoms with Gasteiger partial charge in [-0.25, -0.2) is 9.36 Å². The van der Waals surface area contributed by atoms with Crippen LogP contribution in [-0.2, 0) is 20.4 Å². The fourth-order valence-corrected chi connectivity index (χ4v) is 4.13. The Kier molecular flexibility index (Phi) is 16.5. The molecule has 0 amide bonds. The summed E-state index contributed by atoms with van der Waals surface area (Å²) >= 11 is 0. The molecule has 2 aromatic rings. The van der Waals surface area contributed by atoms with E-state index in [-0.39, 0.29) is 41.9 Å². The minimum atomic E-state index is -4.28. The van der Waals surface area contributed by atoms with E-state index in [2.05, 4.69) is 6.92 Å². The summed E-state index contributed by atoms with van der Waals surface area (Å²) in [6.07, 6.45) is 12.2. The molecule has 0 aliphatic rings. The summed E-state index contributed by atoms with van der Waals surface area (Å²) in [5.74, 6) is -0.273. The van der Waals surface area contributed by atoms with E-state index >= 15 is 0 Å². The molecular weight excluding hydrogens is 462 g/mol. The molecule has 0 saturated carbocycles. The van der Waals surface area contributed by atoms with Crippen LogP contribution in [0.5, 0.6) is 5.75 Å². The molecule has 34 heavy (non-hydrogen) atoms. The Morgan fingerprint density at radius 1 is 0.824 bits per heavy atom. The topological polar surface area (TPSA) is 82.1 Å². The second-order valence-corrected chi connectivity index (χ2v) is 9.54. The van der Waals surface area contributed by atoms with Crippen molar-refractivity contribution < 1.29 is 57.6 Å². The number of phosphoric acid groups is 1. The first kappa shape index (κ1) is 30.9. The molecule has 0 aliphatic heterocycles. The predicted molar refractivity (Wildman–Crippen MR) is 130 cm³/mol. The normalized spacial score (nSPS) is 12.4. The average molecular weight is 500 g/mol. The average Bonchev–Trinajstić information content (AvgIpc) is 2.82. The number of carbonyl (C=O) groups is 1. The van der Waals surface area contributed by atoms with Crippen molar-refractivity contribution in [1.82, 2.24) is 0 Å². The fourth-order valence-electron chi connectivity index (χ4n) is 3.38. The van der Waals surface area contributed by atoms with E-state index in [4.69, 9.17) is 13.8 Å². The van der Waals surface area contributed by atoms with Gasteiger partial charge in [0.2, 0.25) is 0 Å². The van der Waals surface area contributed by atoms with Gasteiger partial charge in [-0.3, -0.25) is 9.42 Å². The van der Waals surface area contributed by atoms with Crippen LogP contribution in [0.3, 0.4) is 0 Å². The Balaban J connectivity index is 0.00000578. The molecule has 2 rings (SSSR count). The van der Waals surface area contributed by atoms with E-state index in [1.54, 1.807) is 12.1 Å². The molecule has 0 radical (unpaired) electrons. The number of ether oxygens (including phenoxy) is 1. The number of phosphoric ester groups is 1. The Morgan fingerprint density at radius 2 is 1.38 bits per heavy atom. The summed E-state index contributed by atoms with van der Waals surface area (Å²) in [7, 11) is -4.28. The van der Waals surface area contributed by atoms with Crippen molar-refractivity contribution in [2.45, 2.75) is 77.7 Å². The molecular formula is C26H37NaO6P+. The minimum absolute atomic E-state index is 0. The van der Waals surface area contributed by atoms with Crippen molar-refractivity contribution in [2.75, 3.05) is 6.61 Å². The molecule has 0 saturated heterocycles. The van der Waals surface area contributed by atoms with Crippen LogP contribution in [0.15, 0.2) is 54.6 Å². The smallest absolute Gasteiger partial charge is 0.462 e. The Morgan fingerprint density at radius 3 is 1.97 bits per heavy atom. The quantitative estimate of drug-likeness (QED) is 0.150. The zero-order chi connectivity index (χ0) is 23.8. The number of carbonyl (C=O) groups excluding carboxylic acids is 1. The maximum absolute atomic E-state index is 12.2. The molecule has 1 N–H and O–H groups in total. The Labute approximate surface area is 226 Å². The molecule has 1 atom stereocenters. The largest absolute Gasteiger partial charge is 1.00 e. The van der Waals surface area contributed by atoms with E-state index in [1.807, 2.05) is 18.2 Å². The van der Waals surface area contributed by atoms with Gasteiger partial charge in [0.05, 0.1) is 18.8 Å². The monoisotopic (exact) mass is 499 g/mol. The van der Waals surface area contributed by atoms with Crippen LogP contribution in [0.4, 0.5) is 0 Å². The molecule has 6 nitrogen and oxygen atoms in total. The molecule has 1 unspecified atom stereocenters. The van der Waals surface area contributed by atoms with Gasteiger partial charge in [0.15, 0.2) is 0 Å². The number of unbranched alkanes of at least 4 members (excludes halogenated alkanes) is 9.